The summed E-state index contributed by atoms with van der Waals surface area (Å²) in [4.78, 5) is 43.8. The van der Waals surface area contributed by atoms with Gasteiger partial charge in [-0.25, -0.2) is 19.1 Å². The minimum atomic E-state index is -0.847. The monoisotopic (exact) mass is 383 g/mol. The number of fused-ring (bicyclic) bond motifs is 1. The predicted octanol–water partition coefficient (Wildman–Crippen LogP) is 1.32. The minimum Gasteiger partial charge on any atom is -0.465 e. The van der Waals surface area contributed by atoms with Gasteiger partial charge in [0.2, 0.25) is 0 Å². The Morgan fingerprint density at radius 1 is 1.14 bits per heavy atom. The summed E-state index contributed by atoms with van der Waals surface area (Å²) in [5.41, 5.74) is 2.18. The first-order chi connectivity index (χ1) is 13.4. The summed E-state index contributed by atoms with van der Waals surface area (Å²) in [6, 6.07) is 6.46. The van der Waals surface area contributed by atoms with E-state index in [1.165, 1.54) is 17.7 Å². The number of methoxy groups -OCH3 is 1. The summed E-state index contributed by atoms with van der Waals surface area (Å²) in [6.45, 7) is 3.01. The molecule has 2 aromatic heterocycles. The van der Waals surface area contributed by atoms with E-state index in [2.05, 4.69) is 25.1 Å². The zero-order valence-corrected chi connectivity index (χ0v) is 15.4. The van der Waals surface area contributed by atoms with Gasteiger partial charge in [0.05, 0.1) is 12.7 Å². The molecule has 0 bridgehead atoms. The van der Waals surface area contributed by atoms with Gasteiger partial charge in [0.15, 0.2) is 6.61 Å². The minimum absolute atomic E-state index is 0.196. The van der Waals surface area contributed by atoms with Crippen LogP contribution in [0.25, 0.3) is 5.78 Å². The van der Waals surface area contributed by atoms with Gasteiger partial charge >= 0.3 is 11.9 Å². The van der Waals surface area contributed by atoms with E-state index >= 15 is 0 Å². The Hall–Kier alpha value is -3.82. The first-order valence-electron chi connectivity index (χ1n) is 8.23. The number of anilines is 1. The number of nitrogens with zero attached hydrogens (tertiary/aromatic N) is 4. The second-order valence-corrected chi connectivity index (χ2v) is 5.88. The number of carbonyl (C=O) groups is 3. The summed E-state index contributed by atoms with van der Waals surface area (Å²) >= 11 is 0. The summed E-state index contributed by atoms with van der Waals surface area (Å²) in [5, 5.41) is 6.60. The van der Waals surface area contributed by atoms with E-state index in [0.717, 1.165) is 11.3 Å². The molecule has 1 aromatic carbocycles. The molecular formula is C18H17N5O5. The molecule has 1 N–H and O–H groups in total. The molecule has 0 aliphatic carbocycles. The highest BCUT2D eigenvalue weighted by atomic mass is 16.5. The van der Waals surface area contributed by atoms with Gasteiger partial charge < -0.3 is 14.8 Å². The molecule has 10 heteroatoms. The Morgan fingerprint density at radius 2 is 1.93 bits per heavy atom. The van der Waals surface area contributed by atoms with Crippen molar-refractivity contribution in [2.24, 2.45) is 0 Å². The second kappa shape index (κ2) is 7.82. The molecule has 144 valence electrons. The average Bonchev–Trinajstić information content (AvgIpc) is 3.13. The molecule has 0 spiro atoms. The first-order valence-corrected chi connectivity index (χ1v) is 8.23. The molecule has 0 aliphatic rings. The van der Waals surface area contributed by atoms with Gasteiger partial charge in [-0.2, -0.15) is 4.98 Å². The number of hydrogen-bond donors (Lipinski definition) is 1. The number of amides is 1. The highest BCUT2D eigenvalue weighted by Crippen LogP contribution is 2.17. The smallest absolute Gasteiger partial charge is 0.378 e. The quantitative estimate of drug-likeness (QED) is 0.654. The molecule has 28 heavy (non-hydrogen) atoms. The van der Waals surface area contributed by atoms with Crippen LogP contribution in [0.1, 0.15) is 32.2 Å². The summed E-state index contributed by atoms with van der Waals surface area (Å²) in [7, 11) is 1.27. The van der Waals surface area contributed by atoms with Crippen LogP contribution in [0.5, 0.6) is 0 Å². The zero-order chi connectivity index (χ0) is 20.3. The Balaban J connectivity index is 1.64. The van der Waals surface area contributed by atoms with Gasteiger partial charge in [0.25, 0.3) is 17.5 Å². The molecule has 10 nitrogen and oxygen atoms in total. The van der Waals surface area contributed by atoms with Crippen LogP contribution < -0.4 is 5.32 Å². The highest BCUT2D eigenvalue weighted by molar-refractivity contribution is 5.97. The van der Waals surface area contributed by atoms with E-state index in [9.17, 15) is 14.4 Å². The van der Waals surface area contributed by atoms with Crippen molar-refractivity contribution in [3.05, 3.63) is 53.1 Å². The van der Waals surface area contributed by atoms with Crippen molar-refractivity contribution in [3.8, 4) is 0 Å². The molecular weight excluding hydrogens is 366 g/mol. The van der Waals surface area contributed by atoms with Crippen LogP contribution in [0.4, 0.5) is 5.69 Å². The van der Waals surface area contributed by atoms with Crippen LogP contribution in [-0.2, 0) is 14.3 Å². The number of nitrogens with one attached hydrogen (secondary N) is 1. The maximum atomic E-state index is 12.1. The van der Waals surface area contributed by atoms with Crippen LogP contribution in [0, 0.1) is 13.8 Å². The molecule has 0 atom stereocenters. The Kier molecular flexibility index (Phi) is 5.30. The molecule has 3 aromatic rings. The van der Waals surface area contributed by atoms with Gasteiger partial charge in [0, 0.05) is 17.6 Å². The number of aryl methyl sites for hydroxylation is 2. The molecule has 0 fully saturated rings. The van der Waals surface area contributed by atoms with Crippen LogP contribution in [0.2, 0.25) is 0 Å². The summed E-state index contributed by atoms with van der Waals surface area (Å²) in [6.07, 6.45) is 1.55. The van der Waals surface area contributed by atoms with E-state index in [1.54, 1.807) is 38.2 Å². The molecule has 0 saturated heterocycles. The molecule has 2 heterocycles. The fourth-order valence-corrected chi connectivity index (χ4v) is 2.38. The first kappa shape index (κ1) is 19.0. The second-order valence-electron chi connectivity index (χ2n) is 5.88. The number of rotatable bonds is 5. The number of carbonyl (C=O) groups excluding carboxylic acids is 3. The van der Waals surface area contributed by atoms with Crippen molar-refractivity contribution < 1.29 is 23.9 Å². The van der Waals surface area contributed by atoms with Gasteiger partial charge in [-0.3, -0.25) is 4.79 Å². The van der Waals surface area contributed by atoms with Crippen molar-refractivity contribution >= 4 is 29.3 Å². The largest absolute Gasteiger partial charge is 0.465 e. The Bertz CT molecular complexity index is 1080. The number of benzene rings is 1. The van der Waals surface area contributed by atoms with Gasteiger partial charge in [-0.1, -0.05) is 6.07 Å². The maximum absolute atomic E-state index is 12.1. The van der Waals surface area contributed by atoms with Crippen molar-refractivity contribution in [1.82, 2.24) is 19.6 Å². The third-order valence-electron chi connectivity index (χ3n) is 3.88. The summed E-state index contributed by atoms with van der Waals surface area (Å²) in [5.74, 6) is -1.88. The molecule has 0 unspecified atom stereocenters. The van der Waals surface area contributed by atoms with Gasteiger partial charge in [-0.05, 0) is 37.6 Å². The maximum Gasteiger partial charge on any atom is 0.378 e. The number of ether oxygens (including phenoxy) is 2. The molecule has 0 saturated carbocycles. The predicted molar refractivity (Wildman–Crippen MR) is 96.9 cm³/mol. The standard InChI is InChI=1S/C18H17N5O5/c1-10-4-5-12(16(25)27-3)8-13(10)20-14(24)9-28-17(26)15-21-18-19-7-6-11(2)23(18)22-15/h4-8H,9H2,1-3H3,(H,20,24). The van der Waals surface area contributed by atoms with E-state index in [-0.39, 0.29) is 17.2 Å². The van der Waals surface area contributed by atoms with Gasteiger partial charge in [-0.15, -0.1) is 5.10 Å². The fourth-order valence-electron chi connectivity index (χ4n) is 2.38. The summed E-state index contributed by atoms with van der Waals surface area (Å²) < 4.78 is 11.0. The topological polar surface area (TPSA) is 125 Å². The molecule has 3 rings (SSSR count). The molecule has 1 amide bonds. The lowest BCUT2D eigenvalue weighted by Crippen LogP contribution is -2.22. The van der Waals surface area contributed by atoms with Crippen LogP contribution in [0.3, 0.4) is 0 Å². The van der Waals surface area contributed by atoms with E-state index in [1.807, 2.05) is 0 Å². The number of aromatic nitrogens is 4. The SMILES string of the molecule is COC(=O)c1ccc(C)c(NC(=O)COC(=O)c2nc3nccc(C)n3n2)c1. The Labute approximate surface area is 159 Å². The average molecular weight is 383 g/mol. The van der Waals surface area contributed by atoms with E-state index < -0.39 is 24.5 Å². The number of hydrogen-bond acceptors (Lipinski definition) is 8. The lowest BCUT2D eigenvalue weighted by atomic mass is 10.1. The molecule has 0 radical (unpaired) electrons. The zero-order valence-electron chi connectivity index (χ0n) is 15.4. The van der Waals surface area contributed by atoms with Crippen molar-refractivity contribution in [3.63, 3.8) is 0 Å². The van der Waals surface area contributed by atoms with Crippen LogP contribution >= 0.6 is 0 Å². The normalized spacial score (nSPS) is 10.5. The fraction of sp³-hybridized carbons (Fsp3) is 0.222. The van der Waals surface area contributed by atoms with Crippen molar-refractivity contribution in [2.75, 3.05) is 19.0 Å². The van der Waals surface area contributed by atoms with Crippen molar-refractivity contribution in [1.29, 1.82) is 0 Å². The van der Waals surface area contributed by atoms with Crippen LogP contribution in [-0.4, -0.2) is 51.1 Å². The third-order valence-corrected chi connectivity index (χ3v) is 3.88. The van der Waals surface area contributed by atoms with Crippen molar-refractivity contribution in [2.45, 2.75) is 13.8 Å². The van der Waals surface area contributed by atoms with E-state index in [0.29, 0.717) is 5.69 Å². The van der Waals surface area contributed by atoms with Crippen LogP contribution in [0.15, 0.2) is 30.5 Å². The highest BCUT2D eigenvalue weighted by Gasteiger charge is 2.18. The Morgan fingerprint density at radius 3 is 2.64 bits per heavy atom. The third kappa shape index (κ3) is 3.95. The van der Waals surface area contributed by atoms with E-state index in [4.69, 9.17) is 4.74 Å². The lowest BCUT2D eigenvalue weighted by Gasteiger charge is -2.10. The number of esters is 2. The van der Waals surface area contributed by atoms with Gasteiger partial charge in [0.1, 0.15) is 0 Å². The lowest BCUT2D eigenvalue weighted by molar-refractivity contribution is -0.119. The molecule has 0 aliphatic heterocycles.